The van der Waals surface area contributed by atoms with Crippen LogP contribution in [-0.4, -0.2) is 45.6 Å². The molecule has 0 spiro atoms. The third kappa shape index (κ3) is 4.34. The van der Waals surface area contributed by atoms with Crippen molar-refractivity contribution in [3.63, 3.8) is 0 Å². The van der Waals surface area contributed by atoms with Gasteiger partial charge in [-0.3, -0.25) is 9.69 Å². The summed E-state index contributed by atoms with van der Waals surface area (Å²) in [6.45, 7) is 8.68. The van der Waals surface area contributed by atoms with Crippen molar-refractivity contribution in [2.75, 3.05) is 18.4 Å². The van der Waals surface area contributed by atoms with Crippen molar-refractivity contribution >= 4 is 17.7 Å². The van der Waals surface area contributed by atoms with Crippen LogP contribution in [0.5, 0.6) is 0 Å². The molecule has 0 unspecified atom stereocenters. The highest BCUT2D eigenvalue weighted by molar-refractivity contribution is 6.04. The van der Waals surface area contributed by atoms with Crippen molar-refractivity contribution in [1.82, 2.24) is 9.88 Å². The zero-order chi connectivity index (χ0) is 17.9. The molecule has 0 aromatic carbocycles. The van der Waals surface area contributed by atoms with Crippen LogP contribution in [0.15, 0.2) is 48.0 Å². The summed E-state index contributed by atoms with van der Waals surface area (Å²) < 4.78 is 5.22. The fourth-order valence-electron chi connectivity index (χ4n) is 2.18. The Balaban J connectivity index is 2.12. The number of aliphatic hydroxyl groups is 1. The molecule has 1 aliphatic heterocycles. The lowest BCUT2D eigenvalue weighted by Gasteiger charge is -2.30. The average molecular weight is 331 g/mol. The maximum atomic E-state index is 12.3. The molecule has 128 valence electrons. The second-order valence-electron chi connectivity index (χ2n) is 6.40. The summed E-state index contributed by atoms with van der Waals surface area (Å²) in [6, 6.07) is 5.25. The molecule has 1 aromatic rings. The van der Waals surface area contributed by atoms with Gasteiger partial charge in [0.15, 0.2) is 5.78 Å². The minimum Gasteiger partial charge on any atom is -0.510 e. The third-order valence-electron chi connectivity index (χ3n) is 3.14. The van der Waals surface area contributed by atoms with Crippen molar-refractivity contribution in [2.24, 2.45) is 0 Å². The van der Waals surface area contributed by atoms with Crippen LogP contribution in [0.1, 0.15) is 20.8 Å². The number of hydrogen-bond donors (Lipinski definition) is 2. The average Bonchev–Trinajstić information content (AvgIpc) is 2.45. The SMILES string of the molecule is C=C(Nc1ccccn1)C1=C(O)CN(C(=O)OC(C)(C)C)CC1=O. The van der Waals surface area contributed by atoms with E-state index in [2.05, 4.69) is 16.9 Å². The van der Waals surface area contributed by atoms with Crippen LogP contribution in [0.25, 0.3) is 0 Å². The molecule has 1 aliphatic rings. The molecule has 7 nitrogen and oxygen atoms in total. The van der Waals surface area contributed by atoms with Gasteiger partial charge in [0.25, 0.3) is 0 Å². The zero-order valence-corrected chi connectivity index (χ0v) is 14.0. The number of aromatic nitrogens is 1. The molecule has 2 N–H and O–H groups in total. The highest BCUT2D eigenvalue weighted by Gasteiger charge is 2.32. The standard InChI is InChI=1S/C17H21N3O4/c1-11(19-14-7-5-6-8-18-14)15-12(21)9-20(10-13(15)22)16(23)24-17(2,3)4/h5-8,21H,1,9-10H2,2-4H3,(H,18,19). The Morgan fingerprint density at radius 2 is 2.08 bits per heavy atom. The van der Waals surface area contributed by atoms with E-state index in [4.69, 9.17) is 4.74 Å². The minimum absolute atomic E-state index is 0.0699. The lowest BCUT2D eigenvalue weighted by Crippen LogP contribution is -2.44. The van der Waals surface area contributed by atoms with E-state index in [1.807, 2.05) is 0 Å². The first kappa shape index (κ1) is 17.5. The number of Topliss-reactive ketones (excluding diaryl/α,β-unsaturated/α-hetero) is 1. The van der Waals surface area contributed by atoms with Crippen LogP contribution >= 0.6 is 0 Å². The van der Waals surface area contributed by atoms with Gasteiger partial charge < -0.3 is 15.2 Å². The number of carbonyl (C=O) groups is 2. The van der Waals surface area contributed by atoms with Gasteiger partial charge in [0.05, 0.1) is 18.7 Å². The lowest BCUT2D eigenvalue weighted by atomic mass is 10.0. The van der Waals surface area contributed by atoms with Gasteiger partial charge in [0.2, 0.25) is 0 Å². The first-order chi connectivity index (χ1) is 11.2. The number of rotatable bonds is 3. The topological polar surface area (TPSA) is 91.8 Å². The number of aliphatic hydroxyl groups excluding tert-OH is 1. The summed E-state index contributed by atoms with van der Waals surface area (Å²) >= 11 is 0. The second-order valence-corrected chi connectivity index (χ2v) is 6.40. The van der Waals surface area contributed by atoms with E-state index in [0.29, 0.717) is 5.82 Å². The Kier molecular flexibility index (Phi) is 4.92. The van der Waals surface area contributed by atoms with E-state index in [9.17, 15) is 14.7 Å². The van der Waals surface area contributed by atoms with Crippen LogP contribution in [0.4, 0.5) is 10.6 Å². The molecule has 0 fully saturated rings. The van der Waals surface area contributed by atoms with Crippen molar-refractivity contribution in [3.8, 4) is 0 Å². The highest BCUT2D eigenvalue weighted by Crippen LogP contribution is 2.22. The number of nitrogens with zero attached hydrogens (tertiary/aromatic N) is 2. The van der Waals surface area contributed by atoms with Gasteiger partial charge in [-0.1, -0.05) is 12.6 Å². The van der Waals surface area contributed by atoms with E-state index in [1.165, 1.54) is 0 Å². The maximum Gasteiger partial charge on any atom is 0.411 e. The van der Waals surface area contributed by atoms with Crippen LogP contribution in [0.3, 0.4) is 0 Å². The molecule has 7 heteroatoms. The predicted octanol–water partition coefficient (Wildman–Crippen LogP) is 2.64. The molecule has 0 bridgehead atoms. The summed E-state index contributed by atoms with van der Waals surface area (Å²) in [5, 5.41) is 13.1. The summed E-state index contributed by atoms with van der Waals surface area (Å²) in [4.78, 5) is 29.6. The van der Waals surface area contributed by atoms with E-state index in [0.717, 1.165) is 4.90 Å². The van der Waals surface area contributed by atoms with Crippen LogP contribution in [-0.2, 0) is 9.53 Å². The van der Waals surface area contributed by atoms with Gasteiger partial charge in [0.1, 0.15) is 17.2 Å². The van der Waals surface area contributed by atoms with Gasteiger partial charge in [0, 0.05) is 11.9 Å². The zero-order valence-electron chi connectivity index (χ0n) is 14.0. The molecule has 2 heterocycles. The Labute approximate surface area is 140 Å². The lowest BCUT2D eigenvalue weighted by molar-refractivity contribution is -0.117. The van der Waals surface area contributed by atoms with E-state index >= 15 is 0 Å². The van der Waals surface area contributed by atoms with Gasteiger partial charge >= 0.3 is 6.09 Å². The molecular formula is C17H21N3O4. The fourth-order valence-corrected chi connectivity index (χ4v) is 2.18. The van der Waals surface area contributed by atoms with Crippen LogP contribution < -0.4 is 5.32 Å². The van der Waals surface area contributed by atoms with Crippen molar-refractivity contribution in [1.29, 1.82) is 0 Å². The Hall–Kier alpha value is -2.83. The Bertz CT molecular complexity index is 690. The Morgan fingerprint density at radius 3 is 2.62 bits per heavy atom. The number of carbonyl (C=O) groups excluding carboxylic acids is 2. The smallest absolute Gasteiger partial charge is 0.411 e. The predicted molar refractivity (Wildman–Crippen MR) is 89.5 cm³/mol. The van der Waals surface area contributed by atoms with Gasteiger partial charge in [-0.15, -0.1) is 0 Å². The fraction of sp³-hybridized carbons (Fsp3) is 0.353. The molecular weight excluding hydrogens is 310 g/mol. The van der Waals surface area contributed by atoms with E-state index in [-0.39, 0.29) is 30.1 Å². The Morgan fingerprint density at radius 1 is 1.38 bits per heavy atom. The number of anilines is 1. The molecule has 24 heavy (non-hydrogen) atoms. The molecule has 2 rings (SSSR count). The van der Waals surface area contributed by atoms with E-state index < -0.39 is 17.5 Å². The highest BCUT2D eigenvalue weighted by atomic mass is 16.6. The number of pyridine rings is 1. The number of nitrogens with one attached hydrogen (secondary N) is 1. The van der Waals surface area contributed by atoms with Gasteiger partial charge in [-0.25, -0.2) is 9.78 Å². The largest absolute Gasteiger partial charge is 0.510 e. The van der Waals surface area contributed by atoms with E-state index in [1.54, 1.807) is 45.2 Å². The van der Waals surface area contributed by atoms with Gasteiger partial charge in [-0.05, 0) is 32.9 Å². The number of allylic oxidation sites excluding steroid dienone is 1. The summed E-state index contributed by atoms with van der Waals surface area (Å²) in [7, 11) is 0. The third-order valence-corrected chi connectivity index (χ3v) is 3.14. The number of ketones is 1. The number of ether oxygens (including phenoxy) is 1. The van der Waals surface area contributed by atoms with Crippen LogP contribution in [0, 0.1) is 0 Å². The maximum absolute atomic E-state index is 12.3. The normalized spacial score (nSPS) is 15.3. The summed E-state index contributed by atoms with van der Waals surface area (Å²) in [5.41, 5.74) is -0.371. The first-order valence-corrected chi connectivity index (χ1v) is 7.48. The monoisotopic (exact) mass is 331 g/mol. The number of amides is 1. The van der Waals surface area contributed by atoms with Crippen molar-refractivity contribution < 1.29 is 19.4 Å². The molecule has 0 atom stereocenters. The minimum atomic E-state index is -0.677. The number of hydrogen-bond acceptors (Lipinski definition) is 6. The molecule has 0 aliphatic carbocycles. The van der Waals surface area contributed by atoms with Crippen molar-refractivity contribution in [2.45, 2.75) is 26.4 Å². The summed E-state index contributed by atoms with van der Waals surface area (Å²) in [5.74, 6) is -0.145. The molecule has 1 aromatic heterocycles. The van der Waals surface area contributed by atoms with Gasteiger partial charge in [-0.2, -0.15) is 0 Å². The van der Waals surface area contributed by atoms with Crippen LogP contribution in [0.2, 0.25) is 0 Å². The molecule has 0 saturated carbocycles. The molecule has 0 saturated heterocycles. The molecule has 1 amide bonds. The quantitative estimate of drug-likeness (QED) is 0.884. The first-order valence-electron chi connectivity index (χ1n) is 7.48. The van der Waals surface area contributed by atoms with Crippen molar-refractivity contribution in [3.05, 3.63) is 48.0 Å². The summed E-state index contributed by atoms with van der Waals surface area (Å²) in [6.07, 6.45) is 0.946. The second kappa shape index (κ2) is 6.74. The molecule has 0 radical (unpaired) electrons.